The largest absolute Gasteiger partial charge is 0.486 e. The molecule has 1 fully saturated rings. The van der Waals surface area contributed by atoms with Gasteiger partial charge in [-0.2, -0.15) is 4.31 Å². The second kappa shape index (κ2) is 8.94. The monoisotopic (exact) mass is 445 g/mol. The molecule has 31 heavy (non-hydrogen) atoms. The van der Waals surface area contributed by atoms with Crippen LogP contribution >= 0.6 is 0 Å². The van der Waals surface area contributed by atoms with E-state index in [1.54, 1.807) is 36.4 Å². The Kier molecular flexibility index (Phi) is 6.10. The molecule has 2 aliphatic heterocycles. The quantitative estimate of drug-likeness (QED) is 0.686. The van der Waals surface area contributed by atoms with Crippen LogP contribution in [0.1, 0.15) is 23.2 Å². The van der Waals surface area contributed by atoms with Gasteiger partial charge in [0.15, 0.2) is 11.5 Å². The van der Waals surface area contributed by atoms with Gasteiger partial charge in [-0.05, 0) is 43.2 Å². The van der Waals surface area contributed by atoms with Crippen molar-refractivity contribution < 1.29 is 27.5 Å². The lowest BCUT2D eigenvalue weighted by Crippen LogP contribution is -2.50. The van der Waals surface area contributed by atoms with Gasteiger partial charge >= 0.3 is 0 Å². The zero-order valence-corrected chi connectivity index (χ0v) is 17.6. The van der Waals surface area contributed by atoms with Crippen LogP contribution in [0.5, 0.6) is 11.5 Å². The lowest BCUT2D eigenvalue weighted by atomic mass is 9.99. The number of hydrogen-bond donors (Lipinski definition) is 2. The molecule has 0 aliphatic carbocycles. The SMILES string of the molecule is O=C(NNC(=O)C1CCCN(S(=O)(=O)c2ccccc2)C1)c1ccc2c(c1)OCCO2. The highest BCUT2D eigenvalue weighted by molar-refractivity contribution is 7.89. The summed E-state index contributed by atoms with van der Waals surface area (Å²) in [6.45, 7) is 1.26. The summed E-state index contributed by atoms with van der Waals surface area (Å²) in [5.74, 6) is -0.463. The van der Waals surface area contributed by atoms with Crippen LogP contribution in [0.25, 0.3) is 0 Å². The van der Waals surface area contributed by atoms with Crippen molar-refractivity contribution >= 4 is 21.8 Å². The molecule has 0 bridgehead atoms. The van der Waals surface area contributed by atoms with Crippen LogP contribution in [0.15, 0.2) is 53.4 Å². The molecule has 0 aromatic heterocycles. The highest BCUT2D eigenvalue weighted by Crippen LogP contribution is 2.30. The number of carbonyl (C=O) groups is 2. The van der Waals surface area contributed by atoms with Crippen LogP contribution in [-0.2, 0) is 14.8 Å². The molecule has 1 unspecified atom stereocenters. The molecule has 1 atom stereocenters. The Labute approximate surface area is 180 Å². The Balaban J connectivity index is 1.36. The zero-order valence-electron chi connectivity index (χ0n) is 16.7. The molecule has 2 aromatic rings. The lowest BCUT2D eigenvalue weighted by molar-refractivity contribution is -0.126. The van der Waals surface area contributed by atoms with Gasteiger partial charge in [0.2, 0.25) is 15.9 Å². The van der Waals surface area contributed by atoms with Gasteiger partial charge in [0.25, 0.3) is 5.91 Å². The molecule has 164 valence electrons. The number of ether oxygens (including phenoxy) is 2. The second-order valence-electron chi connectivity index (χ2n) is 7.32. The van der Waals surface area contributed by atoms with E-state index in [4.69, 9.17) is 9.47 Å². The number of sulfonamides is 1. The summed E-state index contributed by atoms with van der Waals surface area (Å²) in [6, 6.07) is 12.9. The summed E-state index contributed by atoms with van der Waals surface area (Å²) in [6.07, 6.45) is 1.09. The molecular formula is C21H23N3O6S. The Bertz CT molecular complexity index is 1070. The number of piperidine rings is 1. The summed E-state index contributed by atoms with van der Waals surface area (Å²) in [5.41, 5.74) is 5.10. The van der Waals surface area contributed by atoms with Gasteiger partial charge in [-0.1, -0.05) is 18.2 Å². The Hall–Kier alpha value is -3.11. The third-order valence-electron chi connectivity index (χ3n) is 5.24. The number of benzene rings is 2. The summed E-state index contributed by atoms with van der Waals surface area (Å²) < 4.78 is 37.9. The predicted octanol–water partition coefficient (Wildman–Crippen LogP) is 1.32. The van der Waals surface area contributed by atoms with Crippen LogP contribution in [0, 0.1) is 5.92 Å². The second-order valence-corrected chi connectivity index (χ2v) is 9.26. The van der Waals surface area contributed by atoms with Crippen molar-refractivity contribution in [1.82, 2.24) is 15.2 Å². The Morgan fingerprint density at radius 1 is 0.968 bits per heavy atom. The molecule has 9 nitrogen and oxygen atoms in total. The maximum Gasteiger partial charge on any atom is 0.269 e. The minimum Gasteiger partial charge on any atom is -0.486 e. The van der Waals surface area contributed by atoms with Crippen molar-refractivity contribution in [2.75, 3.05) is 26.3 Å². The van der Waals surface area contributed by atoms with Gasteiger partial charge < -0.3 is 9.47 Å². The number of fused-ring (bicyclic) bond motifs is 1. The minimum atomic E-state index is -3.67. The van der Waals surface area contributed by atoms with E-state index in [1.165, 1.54) is 16.4 Å². The smallest absolute Gasteiger partial charge is 0.269 e. The first kappa shape index (κ1) is 21.1. The molecule has 2 aliphatic rings. The first-order valence-corrected chi connectivity index (χ1v) is 11.4. The molecular weight excluding hydrogens is 422 g/mol. The van der Waals surface area contributed by atoms with Gasteiger partial charge in [-0.25, -0.2) is 8.42 Å². The van der Waals surface area contributed by atoms with Crippen LogP contribution in [0.3, 0.4) is 0 Å². The molecule has 4 rings (SSSR count). The van der Waals surface area contributed by atoms with E-state index < -0.39 is 27.8 Å². The number of nitrogens with one attached hydrogen (secondary N) is 2. The van der Waals surface area contributed by atoms with Crippen LogP contribution in [-0.4, -0.2) is 50.8 Å². The fourth-order valence-electron chi connectivity index (χ4n) is 3.59. The van der Waals surface area contributed by atoms with E-state index >= 15 is 0 Å². The van der Waals surface area contributed by atoms with E-state index in [2.05, 4.69) is 10.9 Å². The predicted molar refractivity (Wildman–Crippen MR) is 111 cm³/mol. The topological polar surface area (TPSA) is 114 Å². The normalized spacial score (nSPS) is 18.8. The van der Waals surface area contributed by atoms with Gasteiger partial charge in [-0.3, -0.25) is 20.4 Å². The molecule has 0 radical (unpaired) electrons. The van der Waals surface area contributed by atoms with Crippen molar-refractivity contribution in [2.24, 2.45) is 5.92 Å². The minimum absolute atomic E-state index is 0.0585. The molecule has 0 spiro atoms. The number of rotatable bonds is 4. The van der Waals surface area contributed by atoms with E-state index in [9.17, 15) is 18.0 Å². The van der Waals surface area contributed by atoms with Crippen molar-refractivity contribution in [1.29, 1.82) is 0 Å². The standard InChI is InChI=1S/C21H23N3O6S/c25-20(15-8-9-18-19(13-15)30-12-11-29-18)22-23-21(26)16-5-4-10-24(14-16)31(27,28)17-6-2-1-3-7-17/h1-3,6-9,13,16H,4-5,10-12,14H2,(H,22,25)(H,23,26). The maximum atomic E-state index is 12.8. The fourth-order valence-corrected chi connectivity index (χ4v) is 5.14. The summed E-state index contributed by atoms with van der Waals surface area (Å²) in [5, 5.41) is 0. The number of hydrazine groups is 1. The van der Waals surface area contributed by atoms with E-state index in [-0.39, 0.29) is 11.4 Å². The zero-order chi connectivity index (χ0) is 21.8. The molecule has 2 N–H and O–H groups in total. The summed E-state index contributed by atoms with van der Waals surface area (Å²) >= 11 is 0. The Morgan fingerprint density at radius 2 is 1.71 bits per heavy atom. The van der Waals surface area contributed by atoms with Crippen molar-refractivity contribution in [3.05, 3.63) is 54.1 Å². The van der Waals surface area contributed by atoms with E-state index in [1.807, 2.05) is 0 Å². The Morgan fingerprint density at radius 3 is 2.48 bits per heavy atom. The van der Waals surface area contributed by atoms with Crippen molar-refractivity contribution in [3.63, 3.8) is 0 Å². The molecule has 2 aromatic carbocycles. The molecule has 0 saturated carbocycles. The first-order chi connectivity index (χ1) is 14.9. The third kappa shape index (κ3) is 4.64. The highest BCUT2D eigenvalue weighted by Gasteiger charge is 2.33. The van der Waals surface area contributed by atoms with Gasteiger partial charge in [0, 0.05) is 18.7 Å². The van der Waals surface area contributed by atoms with Gasteiger partial charge in [-0.15, -0.1) is 0 Å². The summed E-state index contributed by atoms with van der Waals surface area (Å²) in [7, 11) is -3.67. The average molecular weight is 445 g/mol. The maximum absolute atomic E-state index is 12.8. The molecule has 2 heterocycles. The number of nitrogens with zero attached hydrogens (tertiary/aromatic N) is 1. The number of hydrogen-bond acceptors (Lipinski definition) is 6. The molecule has 10 heteroatoms. The van der Waals surface area contributed by atoms with Gasteiger partial charge in [0.05, 0.1) is 10.8 Å². The highest BCUT2D eigenvalue weighted by atomic mass is 32.2. The van der Waals surface area contributed by atoms with Crippen LogP contribution in [0.4, 0.5) is 0 Å². The van der Waals surface area contributed by atoms with Crippen LogP contribution < -0.4 is 20.3 Å². The lowest BCUT2D eigenvalue weighted by Gasteiger charge is -2.31. The van der Waals surface area contributed by atoms with E-state index in [0.717, 1.165) is 0 Å². The molecule has 2 amide bonds. The van der Waals surface area contributed by atoms with Crippen molar-refractivity contribution in [3.8, 4) is 11.5 Å². The van der Waals surface area contributed by atoms with E-state index in [0.29, 0.717) is 49.7 Å². The average Bonchev–Trinajstić information content (AvgIpc) is 2.82. The van der Waals surface area contributed by atoms with Crippen molar-refractivity contribution in [2.45, 2.75) is 17.7 Å². The molecule has 1 saturated heterocycles. The third-order valence-corrected chi connectivity index (χ3v) is 7.12. The van der Waals surface area contributed by atoms with Gasteiger partial charge in [0.1, 0.15) is 13.2 Å². The summed E-state index contributed by atoms with van der Waals surface area (Å²) in [4.78, 5) is 25.2. The number of amides is 2. The fraction of sp³-hybridized carbons (Fsp3) is 0.333. The number of carbonyl (C=O) groups excluding carboxylic acids is 2. The first-order valence-electron chi connectivity index (χ1n) is 10.0. The van der Waals surface area contributed by atoms with Crippen LogP contribution in [0.2, 0.25) is 0 Å².